The minimum Gasteiger partial charge on any atom is -0.545 e. The van der Waals surface area contributed by atoms with Gasteiger partial charge in [0.15, 0.2) is 0 Å². The summed E-state index contributed by atoms with van der Waals surface area (Å²) in [5.41, 5.74) is 0.502. The standard InChI is InChI=1S/C21H15N3O4/c1-12-17(11-15-9-13-5-2-3-8-18(13)22-19(15)25)20(26)24(23-12)16-7-4-6-14(10-16)21(27)28/h2-11,23H,1H2,(H,22,25)(H,27,28)/p-1/b17-11-. The van der Waals surface area contributed by atoms with E-state index >= 15 is 0 Å². The van der Waals surface area contributed by atoms with Crippen molar-refractivity contribution in [3.8, 4) is 5.69 Å². The Balaban J connectivity index is 1.91. The molecule has 2 heterocycles. The number of hydrogen-bond acceptors (Lipinski definition) is 4. The van der Waals surface area contributed by atoms with Crippen LogP contribution in [0.3, 0.4) is 0 Å². The molecule has 7 nitrogen and oxygen atoms in total. The van der Waals surface area contributed by atoms with Gasteiger partial charge in [0.25, 0.3) is 11.1 Å². The van der Waals surface area contributed by atoms with Gasteiger partial charge in [0.05, 0.1) is 22.2 Å². The molecule has 0 aliphatic carbocycles. The zero-order valence-corrected chi connectivity index (χ0v) is 14.6. The van der Waals surface area contributed by atoms with Gasteiger partial charge >= 0.3 is 0 Å². The van der Waals surface area contributed by atoms with Gasteiger partial charge in [-0.3, -0.25) is 14.7 Å². The van der Waals surface area contributed by atoms with Crippen LogP contribution in [0.25, 0.3) is 29.2 Å². The summed E-state index contributed by atoms with van der Waals surface area (Å²) < 4.78 is 1.18. The third kappa shape index (κ3) is 2.95. The summed E-state index contributed by atoms with van der Waals surface area (Å²) >= 11 is 0. The third-order valence-corrected chi connectivity index (χ3v) is 4.43. The molecule has 0 aliphatic rings. The van der Waals surface area contributed by atoms with Crippen LogP contribution in [0.5, 0.6) is 0 Å². The molecule has 0 radical (unpaired) electrons. The molecule has 0 bridgehead atoms. The number of benzene rings is 2. The number of aromatic nitrogens is 3. The van der Waals surface area contributed by atoms with Crippen LogP contribution in [0.4, 0.5) is 0 Å². The van der Waals surface area contributed by atoms with Gasteiger partial charge in [-0.15, -0.1) is 0 Å². The van der Waals surface area contributed by atoms with Crippen LogP contribution in [-0.4, -0.2) is 20.7 Å². The smallest absolute Gasteiger partial charge is 0.279 e. The normalized spacial score (nSPS) is 11.8. The molecule has 4 aromatic rings. The number of fused-ring (bicyclic) bond motifs is 1. The van der Waals surface area contributed by atoms with Crippen LogP contribution < -0.4 is 26.8 Å². The van der Waals surface area contributed by atoms with E-state index in [-0.39, 0.29) is 16.3 Å². The molecule has 0 saturated carbocycles. The lowest BCUT2D eigenvalue weighted by Crippen LogP contribution is -2.34. The fraction of sp³-hybridized carbons (Fsp3) is 0. The highest BCUT2D eigenvalue weighted by atomic mass is 16.4. The van der Waals surface area contributed by atoms with Crippen molar-refractivity contribution in [2.24, 2.45) is 0 Å². The number of aromatic amines is 2. The number of carbonyl (C=O) groups excluding carboxylic acids is 1. The maximum atomic E-state index is 12.8. The number of nitrogens with one attached hydrogen (secondary N) is 2. The molecule has 4 rings (SSSR count). The van der Waals surface area contributed by atoms with Gasteiger partial charge in [0, 0.05) is 11.1 Å². The Hall–Kier alpha value is -4.13. The van der Waals surface area contributed by atoms with E-state index in [2.05, 4.69) is 16.7 Å². The molecule has 2 aromatic heterocycles. The molecular formula is C21H14N3O4-. The first kappa shape index (κ1) is 17.3. The molecule has 2 aromatic carbocycles. The zero-order chi connectivity index (χ0) is 19.8. The second kappa shape index (κ2) is 6.55. The van der Waals surface area contributed by atoms with Crippen molar-refractivity contribution in [1.29, 1.82) is 0 Å². The van der Waals surface area contributed by atoms with Gasteiger partial charge in [-0.25, -0.2) is 4.68 Å². The fourth-order valence-corrected chi connectivity index (χ4v) is 3.03. The average molecular weight is 372 g/mol. The Morgan fingerprint density at radius 2 is 1.86 bits per heavy atom. The lowest BCUT2D eigenvalue weighted by atomic mass is 10.1. The molecule has 7 heteroatoms. The van der Waals surface area contributed by atoms with Gasteiger partial charge in [-0.2, -0.15) is 0 Å². The summed E-state index contributed by atoms with van der Waals surface area (Å²) in [4.78, 5) is 39.0. The van der Waals surface area contributed by atoms with Crippen molar-refractivity contribution < 1.29 is 9.90 Å². The van der Waals surface area contributed by atoms with Crippen LogP contribution >= 0.6 is 0 Å². The lowest BCUT2D eigenvalue weighted by Gasteiger charge is -2.05. The number of carboxylic acid groups (broad SMARTS) is 1. The van der Waals surface area contributed by atoms with Crippen LogP contribution in [0.2, 0.25) is 0 Å². The number of carboxylic acids is 1. The highest BCUT2D eigenvalue weighted by molar-refractivity contribution is 5.86. The molecule has 0 aliphatic heterocycles. The zero-order valence-electron chi connectivity index (χ0n) is 14.6. The van der Waals surface area contributed by atoms with Gasteiger partial charge in [0.2, 0.25) is 0 Å². The molecule has 138 valence electrons. The topological polar surface area (TPSA) is 111 Å². The van der Waals surface area contributed by atoms with E-state index in [1.165, 1.54) is 29.0 Å². The van der Waals surface area contributed by atoms with Gasteiger partial charge in [-0.1, -0.05) is 36.9 Å². The molecule has 28 heavy (non-hydrogen) atoms. The van der Waals surface area contributed by atoms with Crippen LogP contribution in [0, 0.1) is 0 Å². The first-order chi connectivity index (χ1) is 13.4. The van der Waals surface area contributed by atoms with Crippen LogP contribution in [0.15, 0.2) is 64.2 Å². The second-order valence-corrected chi connectivity index (χ2v) is 6.27. The monoisotopic (exact) mass is 372 g/mol. The maximum absolute atomic E-state index is 12.8. The summed E-state index contributed by atoms with van der Waals surface area (Å²) in [6, 6.07) is 14.8. The molecule has 0 unspecified atom stereocenters. The van der Waals surface area contributed by atoms with E-state index in [4.69, 9.17) is 0 Å². The molecule has 0 saturated heterocycles. The maximum Gasteiger partial charge on any atom is 0.279 e. The number of H-pyrrole nitrogens is 2. The average Bonchev–Trinajstić information content (AvgIpc) is 2.97. The summed E-state index contributed by atoms with van der Waals surface area (Å²) in [5.74, 6) is -1.34. The minimum atomic E-state index is -1.34. The Labute approximate surface area is 157 Å². The second-order valence-electron chi connectivity index (χ2n) is 6.27. The molecular weight excluding hydrogens is 358 g/mol. The summed E-state index contributed by atoms with van der Waals surface area (Å²) in [6.45, 7) is 3.82. The van der Waals surface area contributed by atoms with Crippen molar-refractivity contribution >= 4 is 29.5 Å². The van der Waals surface area contributed by atoms with Crippen molar-refractivity contribution in [1.82, 2.24) is 14.8 Å². The molecule has 0 spiro atoms. The minimum absolute atomic E-state index is 0.0545. The van der Waals surface area contributed by atoms with Gasteiger partial charge in [0.1, 0.15) is 0 Å². The first-order valence-electron chi connectivity index (χ1n) is 8.39. The number of nitrogens with zero attached hydrogens (tertiary/aromatic N) is 1. The van der Waals surface area contributed by atoms with Crippen molar-refractivity contribution in [3.05, 3.63) is 97.0 Å². The number of aromatic carboxylic acids is 1. The predicted octanol–water partition coefficient (Wildman–Crippen LogP) is -0.390. The first-order valence-corrected chi connectivity index (χ1v) is 8.39. The number of hydrogen-bond donors (Lipinski definition) is 2. The van der Waals surface area contributed by atoms with Crippen molar-refractivity contribution in [2.45, 2.75) is 0 Å². The largest absolute Gasteiger partial charge is 0.545 e. The summed E-state index contributed by atoms with van der Waals surface area (Å²) in [6.07, 6.45) is 1.46. The number of pyridine rings is 1. The Kier molecular flexibility index (Phi) is 4.04. The van der Waals surface area contributed by atoms with Gasteiger partial charge < -0.3 is 14.9 Å². The SMILES string of the molecule is C=c1[nH]n(-c2cccc(C(=O)[O-])c2)c(=O)/c1=C\c1cc2ccccc2[nH]c1=O. The number of carbonyl (C=O) groups is 1. The van der Waals surface area contributed by atoms with Gasteiger partial charge in [-0.05, 0) is 41.3 Å². The van der Waals surface area contributed by atoms with E-state index in [1.54, 1.807) is 18.2 Å². The van der Waals surface area contributed by atoms with Crippen molar-refractivity contribution in [3.63, 3.8) is 0 Å². The third-order valence-electron chi connectivity index (χ3n) is 4.43. The highest BCUT2D eigenvalue weighted by Gasteiger charge is 2.07. The number of rotatable bonds is 3. The quantitative estimate of drug-likeness (QED) is 0.510. The molecule has 2 N–H and O–H groups in total. The Bertz CT molecular complexity index is 1460. The van der Waals surface area contributed by atoms with Crippen LogP contribution in [0.1, 0.15) is 15.9 Å². The molecule has 0 fully saturated rings. The molecule has 0 atom stereocenters. The number of para-hydroxylation sites is 1. The lowest BCUT2D eigenvalue weighted by molar-refractivity contribution is -0.255. The Morgan fingerprint density at radius 1 is 1.07 bits per heavy atom. The van der Waals surface area contributed by atoms with E-state index < -0.39 is 11.5 Å². The summed E-state index contributed by atoms with van der Waals surface area (Å²) in [7, 11) is 0. The Morgan fingerprint density at radius 3 is 2.64 bits per heavy atom. The van der Waals surface area contributed by atoms with Crippen molar-refractivity contribution in [2.75, 3.05) is 0 Å². The van der Waals surface area contributed by atoms with E-state index in [9.17, 15) is 19.5 Å². The fourth-order valence-electron chi connectivity index (χ4n) is 3.03. The van der Waals surface area contributed by atoms with E-state index in [0.717, 1.165) is 5.39 Å². The summed E-state index contributed by atoms with van der Waals surface area (Å²) in [5, 5.41) is 15.2. The van der Waals surface area contributed by atoms with E-state index in [0.29, 0.717) is 22.1 Å². The van der Waals surface area contributed by atoms with Crippen LogP contribution in [-0.2, 0) is 0 Å². The molecule has 0 amide bonds. The van der Waals surface area contributed by atoms with E-state index in [1.807, 2.05) is 18.2 Å². The predicted molar refractivity (Wildman–Crippen MR) is 104 cm³/mol. The highest BCUT2D eigenvalue weighted by Crippen LogP contribution is 2.10.